The first-order valence-corrected chi connectivity index (χ1v) is 9.90. The molecule has 0 radical (unpaired) electrons. The molecule has 0 saturated carbocycles. The predicted octanol–water partition coefficient (Wildman–Crippen LogP) is 3.68. The Kier molecular flexibility index (Phi) is 9.22. The summed E-state index contributed by atoms with van der Waals surface area (Å²) < 4.78 is 10.9. The van der Waals surface area contributed by atoms with Crippen molar-refractivity contribution in [2.75, 3.05) is 43.6 Å². The zero-order valence-electron chi connectivity index (χ0n) is 17.6. The first-order chi connectivity index (χ1) is 14.2. The van der Waals surface area contributed by atoms with E-state index in [0.717, 1.165) is 17.8 Å². The molecule has 7 nitrogen and oxygen atoms in total. The van der Waals surface area contributed by atoms with Crippen LogP contribution in [-0.2, 0) is 11.2 Å². The maximum Gasteiger partial charge on any atom is 0.248 e. The molecule has 0 aromatic heterocycles. The van der Waals surface area contributed by atoms with E-state index in [1.54, 1.807) is 7.11 Å². The third-order valence-electron chi connectivity index (χ3n) is 4.63. The monoisotopic (exact) mass is 524 g/mol. The van der Waals surface area contributed by atoms with Gasteiger partial charge in [-0.1, -0.05) is 18.2 Å². The highest BCUT2D eigenvalue weighted by atomic mass is 127. The second kappa shape index (κ2) is 11.6. The van der Waals surface area contributed by atoms with Crippen LogP contribution in [0, 0.1) is 0 Å². The van der Waals surface area contributed by atoms with Gasteiger partial charge in [-0.05, 0) is 44.0 Å². The largest absolute Gasteiger partial charge is 0.493 e. The number of carbonyl (C=O) groups is 1. The number of ether oxygens (including phenoxy) is 2. The highest BCUT2D eigenvalue weighted by molar-refractivity contribution is 14.0. The van der Waals surface area contributed by atoms with Gasteiger partial charge in [0.05, 0.1) is 13.7 Å². The Morgan fingerprint density at radius 3 is 2.70 bits per heavy atom. The predicted molar refractivity (Wildman–Crippen MR) is 132 cm³/mol. The molecule has 30 heavy (non-hydrogen) atoms. The first-order valence-electron chi connectivity index (χ1n) is 9.90. The summed E-state index contributed by atoms with van der Waals surface area (Å²) in [6, 6.07) is 13.6. The van der Waals surface area contributed by atoms with E-state index in [1.165, 1.54) is 5.56 Å². The molecular formula is C22H29IN4O3. The number of hydrogen-bond acceptors (Lipinski definition) is 4. The van der Waals surface area contributed by atoms with Crippen molar-refractivity contribution in [2.45, 2.75) is 20.3 Å². The Hall–Kier alpha value is -2.49. The second-order valence-corrected chi connectivity index (χ2v) is 6.54. The number of para-hydroxylation sites is 1. The lowest BCUT2D eigenvalue weighted by atomic mass is 10.2. The van der Waals surface area contributed by atoms with Crippen LogP contribution in [-0.4, -0.2) is 45.2 Å². The van der Waals surface area contributed by atoms with Crippen molar-refractivity contribution in [3.8, 4) is 11.5 Å². The van der Waals surface area contributed by atoms with Gasteiger partial charge in [0.1, 0.15) is 6.54 Å². The Labute approximate surface area is 194 Å². The number of rotatable bonds is 7. The van der Waals surface area contributed by atoms with Gasteiger partial charge in [-0.2, -0.15) is 0 Å². The summed E-state index contributed by atoms with van der Waals surface area (Å²) in [4.78, 5) is 19.0. The number of guanidine groups is 1. The number of nitrogens with zero attached hydrogens (tertiary/aromatic N) is 2. The number of hydrogen-bond donors (Lipinski definition) is 2. The van der Waals surface area contributed by atoms with Crippen molar-refractivity contribution >= 4 is 47.2 Å². The minimum atomic E-state index is -0.0172. The third-order valence-corrected chi connectivity index (χ3v) is 4.63. The van der Waals surface area contributed by atoms with Gasteiger partial charge in [-0.25, -0.2) is 4.99 Å². The van der Waals surface area contributed by atoms with Crippen LogP contribution in [0.15, 0.2) is 47.5 Å². The minimum Gasteiger partial charge on any atom is -0.493 e. The number of carbonyl (C=O) groups excluding carboxylic acids is 1. The highest BCUT2D eigenvalue weighted by Gasteiger charge is 2.23. The molecule has 0 saturated heterocycles. The summed E-state index contributed by atoms with van der Waals surface area (Å²) in [6.07, 6.45) is 0.885. The van der Waals surface area contributed by atoms with Crippen molar-refractivity contribution in [1.29, 1.82) is 0 Å². The molecular weight excluding hydrogens is 495 g/mol. The number of nitrogens with one attached hydrogen (secondary N) is 2. The van der Waals surface area contributed by atoms with Crippen LogP contribution in [0.25, 0.3) is 0 Å². The number of methoxy groups -OCH3 is 1. The van der Waals surface area contributed by atoms with Crippen LogP contribution < -0.4 is 25.0 Å². The van der Waals surface area contributed by atoms with E-state index in [9.17, 15) is 4.79 Å². The van der Waals surface area contributed by atoms with Crippen molar-refractivity contribution in [3.05, 3.63) is 48.0 Å². The van der Waals surface area contributed by atoms with E-state index >= 15 is 0 Å². The van der Waals surface area contributed by atoms with E-state index < -0.39 is 0 Å². The fourth-order valence-electron chi connectivity index (χ4n) is 3.29. The van der Waals surface area contributed by atoms with Gasteiger partial charge in [0.25, 0.3) is 0 Å². The SMILES string of the molecule is CCNC(=NCC(=O)N1CCc2ccccc21)Nc1ccc(OCC)c(OC)c1.I. The Morgan fingerprint density at radius 2 is 1.97 bits per heavy atom. The molecule has 0 fully saturated rings. The van der Waals surface area contributed by atoms with Crippen molar-refractivity contribution < 1.29 is 14.3 Å². The normalized spacial score (nSPS) is 12.6. The molecule has 162 valence electrons. The van der Waals surface area contributed by atoms with E-state index in [-0.39, 0.29) is 36.4 Å². The molecule has 1 heterocycles. The van der Waals surface area contributed by atoms with Crippen molar-refractivity contribution in [2.24, 2.45) is 4.99 Å². The summed E-state index contributed by atoms with van der Waals surface area (Å²) in [5, 5.41) is 6.39. The molecule has 1 aliphatic rings. The number of halogens is 1. The Balaban J connectivity index is 0.00000320. The number of amides is 1. The molecule has 0 aliphatic carbocycles. The van der Waals surface area contributed by atoms with E-state index in [0.29, 0.717) is 37.2 Å². The Bertz CT molecular complexity index is 888. The van der Waals surface area contributed by atoms with Crippen LogP contribution in [0.3, 0.4) is 0 Å². The summed E-state index contributed by atoms with van der Waals surface area (Å²) >= 11 is 0. The molecule has 2 aromatic rings. The van der Waals surface area contributed by atoms with Gasteiger partial charge in [0.15, 0.2) is 17.5 Å². The average Bonchev–Trinajstić information content (AvgIpc) is 3.17. The standard InChI is InChI=1S/C22H28N4O3.HI/c1-4-23-22(25-17-10-11-19(29-5-2)20(14-17)28-3)24-15-21(27)26-13-12-16-8-6-7-9-18(16)26;/h6-11,14H,4-5,12-13,15H2,1-3H3,(H2,23,24,25);1H. The van der Waals surface area contributed by atoms with Crippen molar-refractivity contribution in [3.63, 3.8) is 0 Å². The lowest BCUT2D eigenvalue weighted by molar-refractivity contribution is -0.117. The minimum absolute atomic E-state index is 0. The number of anilines is 2. The average molecular weight is 524 g/mol. The molecule has 3 rings (SSSR count). The molecule has 8 heteroatoms. The molecule has 2 aromatic carbocycles. The molecule has 0 unspecified atom stereocenters. The van der Waals surface area contributed by atoms with Gasteiger partial charge < -0.3 is 25.0 Å². The fourth-order valence-corrected chi connectivity index (χ4v) is 3.29. The summed E-state index contributed by atoms with van der Waals surface area (Å²) in [6.45, 7) is 5.92. The van der Waals surface area contributed by atoms with Gasteiger partial charge in [0.2, 0.25) is 5.91 Å². The Morgan fingerprint density at radius 1 is 1.17 bits per heavy atom. The quantitative estimate of drug-likeness (QED) is 0.329. The second-order valence-electron chi connectivity index (χ2n) is 6.54. The summed E-state index contributed by atoms with van der Waals surface area (Å²) in [5.41, 5.74) is 2.99. The fraction of sp³-hybridized carbons (Fsp3) is 0.364. The van der Waals surface area contributed by atoms with Crippen LogP contribution in [0.5, 0.6) is 11.5 Å². The topological polar surface area (TPSA) is 75.2 Å². The molecule has 0 bridgehead atoms. The van der Waals surface area contributed by atoms with Crippen LogP contribution in [0.2, 0.25) is 0 Å². The maximum absolute atomic E-state index is 12.7. The van der Waals surface area contributed by atoms with Crippen LogP contribution in [0.4, 0.5) is 11.4 Å². The third kappa shape index (κ3) is 5.78. The van der Waals surface area contributed by atoms with Gasteiger partial charge in [-0.3, -0.25) is 4.79 Å². The zero-order chi connectivity index (χ0) is 20.6. The lowest BCUT2D eigenvalue weighted by Gasteiger charge is -2.17. The van der Waals surface area contributed by atoms with Crippen LogP contribution in [0.1, 0.15) is 19.4 Å². The van der Waals surface area contributed by atoms with E-state index in [4.69, 9.17) is 9.47 Å². The summed E-state index contributed by atoms with van der Waals surface area (Å²) in [7, 11) is 1.60. The van der Waals surface area contributed by atoms with Crippen molar-refractivity contribution in [1.82, 2.24) is 5.32 Å². The molecule has 1 aliphatic heterocycles. The molecule has 0 atom stereocenters. The summed E-state index contributed by atoms with van der Waals surface area (Å²) in [5.74, 6) is 1.85. The highest BCUT2D eigenvalue weighted by Crippen LogP contribution is 2.30. The first kappa shape index (κ1) is 23.8. The zero-order valence-corrected chi connectivity index (χ0v) is 19.9. The van der Waals surface area contributed by atoms with E-state index in [1.807, 2.05) is 55.1 Å². The number of fused-ring (bicyclic) bond motifs is 1. The smallest absolute Gasteiger partial charge is 0.248 e. The lowest BCUT2D eigenvalue weighted by Crippen LogP contribution is -2.34. The van der Waals surface area contributed by atoms with Gasteiger partial charge >= 0.3 is 0 Å². The molecule has 0 spiro atoms. The maximum atomic E-state index is 12.7. The molecule has 1 amide bonds. The van der Waals surface area contributed by atoms with E-state index in [2.05, 4.69) is 21.7 Å². The van der Waals surface area contributed by atoms with Gasteiger partial charge in [-0.15, -0.1) is 24.0 Å². The molecule has 2 N–H and O–H groups in total. The number of benzene rings is 2. The number of aliphatic imine (C=N–C) groups is 1. The van der Waals surface area contributed by atoms with Crippen LogP contribution >= 0.6 is 24.0 Å². The van der Waals surface area contributed by atoms with Gasteiger partial charge in [0, 0.05) is 30.5 Å².